The van der Waals surface area contributed by atoms with Crippen LogP contribution in [0.1, 0.15) is 27.9 Å². The molecule has 26 heavy (non-hydrogen) atoms. The molecule has 1 atom stereocenters. The number of benzene rings is 2. The average Bonchev–Trinajstić information content (AvgIpc) is 3.00. The van der Waals surface area contributed by atoms with E-state index < -0.39 is 22.0 Å². The van der Waals surface area contributed by atoms with Crippen molar-refractivity contribution in [3.8, 4) is 5.75 Å². The Hall–Kier alpha value is -2.93. The number of fused-ring (bicyclic) bond motifs is 2. The van der Waals surface area contributed by atoms with Crippen molar-refractivity contribution < 1.29 is 19.6 Å². The molecule has 0 radical (unpaired) electrons. The summed E-state index contributed by atoms with van der Waals surface area (Å²) in [6.07, 6.45) is 1.72. The molecule has 1 amide bonds. The van der Waals surface area contributed by atoms with Crippen molar-refractivity contribution in [1.82, 2.24) is 4.90 Å². The maximum atomic E-state index is 12.9. The summed E-state index contributed by atoms with van der Waals surface area (Å²) in [5.41, 5.74) is 1.58. The molecule has 0 bridgehead atoms. The molecule has 134 valence electrons. The van der Waals surface area contributed by atoms with Crippen molar-refractivity contribution in [3.63, 3.8) is 0 Å². The number of phenolic OH excluding ortho intramolecular Hbond substituents is 1. The Balaban J connectivity index is 1.62. The zero-order chi connectivity index (χ0) is 18.3. The summed E-state index contributed by atoms with van der Waals surface area (Å²) >= 11 is 0. The normalized spacial score (nSPS) is 21.6. The first kappa shape index (κ1) is 16.5. The molecule has 7 nitrogen and oxygen atoms in total. The van der Waals surface area contributed by atoms with Crippen LogP contribution in [-0.2, 0) is 16.8 Å². The van der Waals surface area contributed by atoms with Crippen LogP contribution in [0.3, 0.4) is 0 Å². The Morgan fingerprint density at radius 3 is 2.88 bits per heavy atom. The summed E-state index contributed by atoms with van der Waals surface area (Å²) < 4.78 is 6.11. The quantitative estimate of drug-likeness (QED) is 0.661. The van der Waals surface area contributed by atoms with E-state index in [4.69, 9.17) is 4.74 Å². The summed E-state index contributed by atoms with van der Waals surface area (Å²) in [6, 6.07) is 11.8. The number of rotatable bonds is 2. The predicted molar refractivity (Wildman–Crippen MR) is 93.1 cm³/mol. The second-order valence-electron chi connectivity index (χ2n) is 6.69. The van der Waals surface area contributed by atoms with E-state index in [1.165, 1.54) is 17.7 Å². The summed E-state index contributed by atoms with van der Waals surface area (Å²) in [7, 11) is 0. The number of hydrogen-bond acceptors (Lipinski definition) is 5. The molecule has 0 unspecified atom stereocenters. The Labute approximate surface area is 150 Å². The number of ether oxygens (including phenoxy) is 1. The molecule has 7 heteroatoms. The number of nitro benzene ring substituents is 1. The smallest absolute Gasteiger partial charge is 0.311 e. The minimum Gasteiger partial charge on any atom is -0.502 e. The molecule has 1 aliphatic carbocycles. The van der Waals surface area contributed by atoms with Gasteiger partial charge in [-0.15, -0.1) is 0 Å². The molecule has 0 saturated carbocycles. The van der Waals surface area contributed by atoms with Crippen LogP contribution in [-0.4, -0.2) is 40.5 Å². The Bertz CT molecular complexity index is 893. The van der Waals surface area contributed by atoms with E-state index in [2.05, 4.69) is 6.07 Å². The molecule has 1 N–H and O–H groups in total. The third-order valence-electron chi connectivity index (χ3n) is 5.20. The van der Waals surface area contributed by atoms with Gasteiger partial charge in [-0.25, -0.2) is 0 Å². The van der Waals surface area contributed by atoms with Gasteiger partial charge in [0.2, 0.25) is 0 Å². The van der Waals surface area contributed by atoms with Crippen LogP contribution in [0.5, 0.6) is 5.75 Å². The topological polar surface area (TPSA) is 92.9 Å². The fraction of sp³-hybridized carbons (Fsp3) is 0.316. The summed E-state index contributed by atoms with van der Waals surface area (Å²) in [5, 5.41) is 20.6. The number of amides is 1. The number of carbonyl (C=O) groups excluding carboxylic acids is 1. The van der Waals surface area contributed by atoms with Crippen LogP contribution in [0, 0.1) is 10.1 Å². The minimum absolute atomic E-state index is 0.192. The van der Waals surface area contributed by atoms with Gasteiger partial charge in [-0.2, -0.15) is 0 Å². The summed E-state index contributed by atoms with van der Waals surface area (Å²) in [5.74, 6) is -0.741. The van der Waals surface area contributed by atoms with Crippen molar-refractivity contribution in [3.05, 3.63) is 69.3 Å². The van der Waals surface area contributed by atoms with Gasteiger partial charge in [-0.1, -0.05) is 24.3 Å². The first-order valence-electron chi connectivity index (χ1n) is 8.49. The molecule has 1 heterocycles. The number of hydrogen-bond donors (Lipinski definition) is 1. The second-order valence-corrected chi connectivity index (χ2v) is 6.69. The summed E-state index contributed by atoms with van der Waals surface area (Å²) in [4.78, 5) is 24.9. The van der Waals surface area contributed by atoms with Crippen molar-refractivity contribution in [2.45, 2.75) is 18.4 Å². The fourth-order valence-electron chi connectivity index (χ4n) is 3.91. The van der Waals surface area contributed by atoms with E-state index in [0.717, 1.165) is 24.5 Å². The zero-order valence-electron chi connectivity index (χ0n) is 14.1. The van der Waals surface area contributed by atoms with Crippen LogP contribution in [0.4, 0.5) is 5.69 Å². The van der Waals surface area contributed by atoms with Crippen molar-refractivity contribution in [1.29, 1.82) is 0 Å². The van der Waals surface area contributed by atoms with Gasteiger partial charge in [-0.3, -0.25) is 14.9 Å². The lowest BCUT2D eigenvalue weighted by Crippen LogP contribution is -2.51. The highest BCUT2D eigenvalue weighted by atomic mass is 16.6. The van der Waals surface area contributed by atoms with Crippen molar-refractivity contribution in [2.24, 2.45) is 0 Å². The van der Waals surface area contributed by atoms with Gasteiger partial charge in [0.15, 0.2) is 5.75 Å². The van der Waals surface area contributed by atoms with E-state index in [0.29, 0.717) is 19.7 Å². The minimum atomic E-state index is -0.694. The largest absolute Gasteiger partial charge is 0.502 e. The van der Waals surface area contributed by atoms with E-state index in [-0.39, 0.29) is 11.5 Å². The highest BCUT2D eigenvalue weighted by molar-refractivity contribution is 5.95. The number of phenols is 1. The van der Waals surface area contributed by atoms with Gasteiger partial charge < -0.3 is 14.7 Å². The second kappa shape index (κ2) is 6.10. The lowest BCUT2D eigenvalue weighted by molar-refractivity contribution is -0.385. The lowest BCUT2D eigenvalue weighted by atomic mass is 9.93. The SMILES string of the molecule is O=C(c1ccc(O)c([N+](=O)[O-])c1)N1CCO[C@@]2(CCc3ccccc32)C1. The number of nitro groups is 1. The van der Waals surface area contributed by atoms with Crippen LogP contribution in [0.15, 0.2) is 42.5 Å². The van der Waals surface area contributed by atoms with Crippen molar-refractivity contribution in [2.75, 3.05) is 19.7 Å². The number of aromatic hydroxyl groups is 1. The Morgan fingerprint density at radius 1 is 1.27 bits per heavy atom. The Kier molecular flexibility index (Phi) is 3.88. The van der Waals surface area contributed by atoms with E-state index >= 15 is 0 Å². The molecule has 2 aromatic carbocycles. The van der Waals surface area contributed by atoms with Gasteiger partial charge in [0.1, 0.15) is 5.60 Å². The van der Waals surface area contributed by atoms with Crippen LogP contribution < -0.4 is 0 Å². The van der Waals surface area contributed by atoms with Crippen LogP contribution in [0.25, 0.3) is 0 Å². The fourth-order valence-corrected chi connectivity index (χ4v) is 3.91. The van der Waals surface area contributed by atoms with Gasteiger partial charge >= 0.3 is 5.69 Å². The maximum Gasteiger partial charge on any atom is 0.311 e. The highest BCUT2D eigenvalue weighted by Gasteiger charge is 2.44. The standard InChI is InChI=1S/C19H18N2O5/c22-17-6-5-14(11-16(17)21(24)25)18(23)20-9-10-26-19(12-20)8-7-13-3-1-2-4-15(13)19/h1-6,11,22H,7-10,12H2/t19-/m0/s1. The van der Waals surface area contributed by atoms with E-state index in [1.807, 2.05) is 18.2 Å². The first-order chi connectivity index (χ1) is 12.5. The van der Waals surface area contributed by atoms with E-state index in [9.17, 15) is 20.0 Å². The molecule has 2 aromatic rings. The molecule has 0 aromatic heterocycles. The van der Waals surface area contributed by atoms with Crippen LogP contribution in [0.2, 0.25) is 0 Å². The predicted octanol–water partition coefficient (Wildman–Crippen LogP) is 2.61. The third kappa shape index (κ3) is 2.61. The molecule has 4 rings (SSSR count). The molecule has 1 aliphatic heterocycles. The monoisotopic (exact) mass is 354 g/mol. The number of aryl methyl sites for hydroxylation is 1. The van der Waals surface area contributed by atoms with Gasteiger partial charge in [0, 0.05) is 18.2 Å². The van der Waals surface area contributed by atoms with Gasteiger partial charge in [0.25, 0.3) is 5.91 Å². The molecule has 2 aliphatic rings. The van der Waals surface area contributed by atoms with Gasteiger partial charge in [-0.05, 0) is 36.1 Å². The first-order valence-corrected chi connectivity index (χ1v) is 8.49. The molecule has 1 spiro atoms. The number of carbonyl (C=O) groups is 1. The average molecular weight is 354 g/mol. The number of nitrogens with zero attached hydrogens (tertiary/aromatic N) is 2. The summed E-state index contributed by atoms with van der Waals surface area (Å²) in [6.45, 7) is 1.26. The molecule has 1 fully saturated rings. The lowest BCUT2D eigenvalue weighted by Gasteiger charge is -2.41. The Morgan fingerprint density at radius 2 is 2.08 bits per heavy atom. The van der Waals surface area contributed by atoms with E-state index in [1.54, 1.807) is 4.90 Å². The third-order valence-corrected chi connectivity index (χ3v) is 5.20. The molecule has 1 saturated heterocycles. The zero-order valence-corrected chi connectivity index (χ0v) is 14.1. The van der Waals surface area contributed by atoms with Gasteiger partial charge in [0.05, 0.1) is 18.1 Å². The van der Waals surface area contributed by atoms with Crippen LogP contribution >= 0.6 is 0 Å². The van der Waals surface area contributed by atoms with Crippen molar-refractivity contribution >= 4 is 11.6 Å². The number of morpholine rings is 1. The molecular weight excluding hydrogens is 336 g/mol. The molecular formula is C19H18N2O5. The highest BCUT2D eigenvalue weighted by Crippen LogP contribution is 2.42. The maximum absolute atomic E-state index is 12.9.